The number of carboxylic acid groups (broad SMARTS) is 1. The zero-order valence-corrected chi connectivity index (χ0v) is 76.9. The van der Waals surface area contributed by atoms with Gasteiger partial charge in [0.2, 0.25) is 0 Å². The quantitative estimate of drug-likeness (QED) is 0.0328. The van der Waals surface area contributed by atoms with Crippen molar-refractivity contribution in [1.29, 1.82) is 0 Å². The smallest absolute Gasteiger partial charge is 0.481 e. The first kappa shape index (κ1) is 114. The van der Waals surface area contributed by atoms with E-state index in [1.807, 2.05) is 0 Å². The van der Waals surface area contributed by atoms with Gasteiger partial charge in [0.25, 0.3) is 0 Å². The molecule has 0 amide bonds. The summed E-state index contributed by atoms with van der Waals surface area (Å²) in [7, 11) is 0. The van der Waals surface area contributed by atoms with Gasteiger partial charge in [0.1, 0.15) is 32.0 Å². The van der Waals surface area contributed by atoms with Crippen LogP contribution in [0.15, 0.2) is 0 Å². The van der Waals surface area contributed by atoms with Gasteiger partial charge in [0.05, 0.1) is 19.8 Å². The number of carbonyl (C=O) groups excluding carboxylic acids is 5. The fourth-order valence-electron chi connectivity index (χ4n) is 14.4. The number of unbranched alkanes of at least 4 members (excludes halogenated alkanes) is 32. The molecule has 19 nitrogen and oxygen atoms in total. The van der Waals surface area contributed by atoms with Crippen LogP contribution in [0.25, 0.3) is 0 Å². The predicted octanol–water partition coefficient (Wildman–Crippen LogP) is 24.8. The number of aliphatic hydroxyl groups excluding tert-OH is 1. The van der Waals surface area contributed by atoms with Crippen LogP contribution >= 0.6 is 0 Å². The normalized spacial score (nSPS) is 12.2. The number of carbonyl (C=O) groups is 6. The molecule has 0 saturated heterocycles. The lowest BCUT2D eigenvalue weighted by Gasteiger charge is -2.26. The summed E-state index contributed by atoms with van der Waals surface area (Å²) in [6.07, 6.45) is 57.9. The second kappa shape index (κ2) is 91.5. The first-order valence-electron chi connectivity index (χ1n) is 48.4. The van der Waals surface area contributed by atoms with Crippen molar-refractivity contribution in [2.45, 2.75) is 448 Å². The molecular formula is C95H188N4O15. The van der Waals surface area contributed by atoms with Gasteiger partial charge >= 0.3 is 36.2 Å². The number of nitrogens with zero attached hydrogens (tertiary/aromatic N) is 4. The van der Waals surface area contributed by atoms with E-state index in [1.165, 1.54) is 167 Å². The minimum absolute atomic E-state index is 0.0346. The highest BCUT2D eigenvalue weighted by molar-refractivity contribution is 5.70. The lowest BCUT2D eigenvalue weighted by atomic mass is 9.92. The third kappa shape index (κ3) is 83.3. The van der Waals surface area contributed by atoms with Crippen LogP contribution in [0.1, 0.15) is 436 Å². The number of ether oxygens (including phenoxy) is 7. The topological polar surface area (TPSA) is 220 Å². The van der Waals surface area contributed by atoms with Crippen molar-refractivity contribution >= 4 is 36.2 Å². The maximum atomic E-state index is 12.8. The Balaban J connectivity index is -0.00000194. The molecule has 0 bridgehead atoms. The zero-order valence-electron chi connectivity index (χ0n) is 76.9. The Morgan fingerprint density at radius 1 is 0.254 bits per heavy atom. The van der Waals surface area contributed by atoms with E-state index in [2.05, 4.69) is 103 Å². The zero-order chi connectivity index (χ0) is 84.7. The average Bonchev–Trinajstić information content (AvgIpc) is 0.977. The van der Waals surface area contributed by atoms with Gasteiger partial charge in [-0.2, -0.15) is 0 Å². The van der Waals surface area contributed by atoms with Gasteiger partial charge in [-0.1, -0.05) is 314 Å². The molecule has 0 aromatic rings. The summed E-state index contributed by atoms with van der Waals surface area (Å²) < 4.78 is 39.6. The fourth-order valence-corrected chi connectivity index (χ4v) is 14.4. The molecule has 0 radical (unpaired) electrons. The van der Waals surface area contributed by atoms with Crippen LogP contribution in [-0.2, 0) is 52.3 Å². The minimum Gasteiger partial charge on any atom is -0.481 e. The second-order valence-electron chi connectivity index (χ2n) is 32.5. The Morgan fingerprint density at radius 3 is 0.895 bits per heavy atom. The second-order valence-corrected chi connectivity index (χ2v) is 32.5. The van der Waals surface area contributed by atoms with Crippen LogP contribution in [-0.4, -0.2) is 196 Å². The molecule has 0 spiro atoms. The van der Waals surface area contributed by atoms with Gasteiger partial charge in [0, 0.05) is 78.0 Å². The Kier molecular flexibility index (Phi) is 91.8. The van der Waals surface area contributed by atoms with Crippen LogP contribution in [0.5, 0.6) is 0 Å². The highest BCUT2D eigenvalue weighted by Gasteiger charge is 2.21. The van der Waals surface area contributed by atoms with Crippen molar-refractivity contribution in [3.8, 4) is 0 Å². The van der Waals surface area contributed by atoms with E-state index in [1.54, 1.807) is 0 Å². The van der Waals surface area contributed by atoms with E-state index < -0.39 is 18.3 Å². The Bertz CT molecular complexity index is 2040. The molecule has 3 unspecified atom stereocenters. The first-order valence-corrected chi connectivity index (χ1v) is 48.4. The fraction of sp³-hybridized carbons (Fsp3) is 0.937. The molecule has 114 heavy (non-hydrogen) atoms. The van der Waals surface area contributed by atoms with Crippen LogP contribution in [0, 0.1) is 11.8 Å². The monoisotopic (exact) mass is 1630 g/mol. The molecule has 3 atom stereocenters. The van der Waals surface area contributed by atoms with Gasteiger partial charge in [-0.15, -0.1) is 0 Å². The number of aliphatic carboxylic acids is 1. The van der Waals surface area contributed by atoms with Crippen LogP contribution < -0.4 is 0 Å². The van der Waals surface area contributed by atoms with Crippen molar-refractivity contribution in [3.63, 3.8) is 0 Å². The lowest BCUT2D eigenvalue weighted by molar-refractivity contribution is -0.146. The van der Waals surface area contributed by atoms with Crippen LogP contribution in [0.4, 0.5) is 9.59 Å². The molecule has 0 saturated carbocycles. The molecule has 678 valence electrons. The average molecular weight is 1630 g/mol. The molecule has 19 heteroatoms. The summed E-state index contributed by atoms with van der Waals surface area (Å²) in [6.45, 7) is 38.3. The molecule has 0 rings (SSSR count). The van der Waals surface area contributed by atoms with Gasteiger partial charge in [-0.25, -0.2) is 9.59 Å². The Hall–Kier alpha value is -3.78. The highest BCUT2D eigenvalue weighted by atomic mass is 16.7. The summed E-state index contributed by atoms with van der Waals surface area (Å²) >= 11 is 0. The minimum atomic E-state index is -0.670. The van der Waals surface area contributed by atoms with Crippen molar-refractivity contribution < 1.29 is 72.1 Å². The number of aliphatic hydroxyl groups is 1. The number of hydrogen-bond donors (Lipinski definition) is 2. The van der Waals surface area contributed by atoms with E-state index in [-0.39, 0.29) is 49.9 Å². The predicted molar refractivity (Wildman–Crippen MR) is 475 cm³/mol. The van der Waals surface area contributed by atoms with E-state index in [4.69, 9.17) is 38.3 Å². The number of rotatable bonds is 84. The summed E-state index contributed by atoms with van der Waals surface area (Å²) in [5, 5.41) is 17.7. The molecular weight excluding hydrogens is 1440 g/mol. The van der Waals surface area contributed by atoms with Crippen molar-refractivity contribution in [1.82, 2.24) is 19.6 Å². The standard InChI is InChI=1S/C47H92N2O7.C40H80N2O6.C8H16O2/c1-7-13-17-21-28-34-45(50)53-40-38-49(37-36-48(11-5)12-6)39-41-54-47(52)56-44(32-26-18-14-8-2)33-27-22-19-20-23-29-35-46(51)55-42-43(30-24-15-9-3)31-25-16-10-4;1-6-11-14-20-25-37(24-13-8-3)29-35-46-39(44)28-23-19-17-16-18-22-27-38(26-21-15-12-7-2)48-40(45)47-36-33-42(32-34-43)31-30-41(9-4)10-5;1-2-3-4-5-6-7-8(9)10/h43-44H,7-42H2,1-6H3;37-38,43H,6-36H2,1-5H3;2-7H2,1H3,(H,9,10). The molecule has 0 aromatic carbocycles. The molecule has 0 aliphatic heterocycles. The number of esters is 3. The summed E-state index contributed by atoms with van der Waals surface area (Å²) in [5.41, 5.74) is 0. The molecule has 0 aromatic heterocycles. The summed E-state index contributed by atoms with van der Waals surface area (Å²) in [4.78, 5) is 81.4. The SMILES string of the molecule is CCCCCCC(CCCC)CCOC(=O)CCCCCCCCC(CCCCCC)OC(=O)OCCN(CCO)CCN(CC)CC.CCCCCCCC(=O)O.CCCCCCCC(=O)OCCN(CCOC(=O)OC(CCCCCC)CCCCCCCCC(=O)OCC(CCCCC)CCCCC)CCN(CC)CC. The van der Waals surface area contributed by atoms with E-state index in [0.717, 1.165) is 213 Å². The number of carboxylic acids is 1. The van der Waals surface area contributed by atoms with Gasteiger partial charge in [-0.3, -0.25) is 29.0 Å². The Morgan fingerprint density at radius 2 is 0.526 bits per heavy atom. The van der Waals surface area contributed by atoms with Crippen molar-refractivity contribution in [3.05, 3.63) is 0 Å². The molecule has 0 heterocycles. The highest BCUT2D eigenvalue weighted by Crippen LogP contribution is 2.24. The number of hydrogen-bond acceptors (Lipinski definition) is 18. The van der Waals surface area contributed by atoms with Crippen LogP contribution in [0.3, 0.4) is 0 Å². The van der Waals surface area contributed by atoms with Crippen molar-refractivity contribution in [2.24, 2.45) is 11.8 Å². The third-order valence-electron chi connectivity index (χ3n) is 22.3. The van der Waals surface area contributed by atoms with Crippen molar-refractivity contribution in [2.75, 3.05) is 118 Å². The molecule has 0 fully saturated rings. The largest absolute Gasteiger partial charge is 0.508 e. The van der Waals surface area contributed by atoms with Crippen LogP contribution in [0.2, 0.25) is 0 Å². The van der Waals surface area contributed by atoms with E-state index >= 15 is 0 Å². The molecule has 0 aliphatic carbocycles. The van der Waals surface area contributed by atoms with Gasteiger partial charge in [-0.05, 0) is 134 Å². The van der Waals surface area contributed by atoms with Gasteiger partial charge < -0.3 is 53.2 Å². The summed E-state index contributed by atoms with van der Waals surface area (Å²) in [6, 6.07) is 0. The third-order valence-corrected chi connectivity index (χ3v) is 22.3. The van der Waals surface area contributed by atoms with E-state index in [9.17, 15) is 33.9 Å². The molecule has 0 aliphatic rings. The van der Waals surface area contributed by atoms with E-state index in [0.29, 0.717) is 83.5 Å². The molecule has 2 N–H and O–H groups in total. The maximum absolute atomic E-state index is 12.8. The Labute approximate surface area is 702 Å². The summed E-state index contributed by atoms with van der Waals surface area (Å²) in [5.74, 6) is 0.347. The lowest BCUT2D eigenvalue weighted by Crippen LogP contribution is -2.39. The van der Waals surface area contributed by atoms with Gasteiger partial charge in [0.15, 0.2) is 0 Å². The first-order chi connectivity index (χ1) is 55.5. The maximum Gasteiger partial charge on any atom is 0.508 e. The number of likely N-dealkylation sites (N-methyl/N-ethyl adjacent to an activating group) is 2.